The van der Waals surface area contributed by atoms with Crippen LogP contribution in [0.3, 0.4) is 0 Å². The van der Waals surface area contributed by atoms with E-state index in [0.717, 1.165) is 0 Å². The Morgan fingerprint density at radius 2 is 2.15 bits per heavy atom. The van der Waals surface area contributed by atoms with Crippen LogP contribution in [-0.4, -0.2) is 28.1 Å². The molecule has 2 heterocycles. The van der Waals surface area contributed by atoms with E-state index in [1.54, 1.807) is 7.05 Å². The molecule has 0 unspecified atom stereocenters. The van der Waals surface area contributed by atoms with Crippen molar-refractivity contribution in [3.05, 3.63) is 29.7 Å². The molecule has 20 heavy (non-hydrogen) atoms. The summed E-state index contributed by atoms with van der Waals surface area (Å²) >= 11 is 0. The number of aromatic carboxylic acids is 1. The van der Waals surface area contributed by atoms with Gasteiger partial charge in [0.2, 0.25) is 5.91 Å². The van der Waals surface area contributed by atoms with Gasteiger partial charge in [0, 0.05) is 25.4 Å². The molecule has 1 aliphatic heterocycles. The fourth-order valence-corrected chi connectivity index (χ4v) is 2.80. The lowest BCUT2D eigenvalue weighted by Crippen LogP contribution is -2.25. The summed E-state index contributed by atoms with van der Waals surface area (Å²) in [7, 11) is 1.60. The molecule has 0 atom stereocenters. The Morgan fingerprint density at radius 1 is 1.40 bits per heavy atom. The SMILES string of the molecule is Cn1c(C(=O)O)c(N2CCCC2=O)c2cc(F)ccc21. The zero-order valence-electron chi connectivity index (χ0n) is 10.9. The Bertz CT molecular complexity index is 736. The van der Waals surface area contributed by atoms with Crippen molar-refractivity contribution in [1.29, 1.82) is 0 Å². The zero-order valence-corrected chi connectivity index (χ0v) is 10.9. The molecule has 1 aromatic carbocycles. The largest absolute Gasteiger partial charge is 0.477 e. The number of rotatable bonds is 2. The maximum atomic E-state index is 13.5. The third-order valence-electron chi connectivity index (χ3n) is 3.68. The van der Waals surface area contributed by atoms with E-state index in [9.17, 15) is 19.1 Å². The fourth-order valence-electron chi connectivity index (χ4n) is 2.80. The standard InChI is InChI=1S/C14H13FN2O3/c1-16-10-5-4-8(15)7-9(10)12(13(16)14(19)20)17-6-2-3-11(17)18/h4-5,7H,2-3,6H2,1H3,(H,19,20). The lowest BCUT2D eigenvalue weighted by Gasteiger charge is -2.16. The van der Waals surface area contributed by atoms with Crippen molar-refractivity contribution in [1.82, 2.24) is 4.57 Å². The summed E-state index contributed by atoms with van der Waals surface area (Å²) in [5.74, 6) is -1.70. The van der Waals surface area contributed by atoms with Crippen molar-refractivity contribution in [2.45, 2.75) is 12.8 Å². The topological polar surface area (TPSA) is 62.5 Å². The van der Waals surface area contributed by atoms with E-state index in [1.807, 2.05) is 0 Å². The highest BCUT2D eigenvalue weighted by molar-refractivity contribution is 6.12. The molecule has 2 aromatic rings. The van der Waals surface area contributed by atoms with Crippen LogP contribution in [0.25, 0.3) is 10.9 Å². The van der Waals surface area contributed by atoms with Crippen molar-refractivity contribution in [3.63, 3.8) is 0 Å². The highest BCUT2D eigenvalue weighted by atomic mass is 19.1. The van der Waals surface area contributed by atoms with Crippen LogP contribution in [0.15, 0.2) is 18.2 Å². The number of nitrogens with zero attached hydrogens (tertiary/aromatic N) is 2. The molecule has 1 amide bonds. The van der Waals surface area contributed by atoms with Gasteiger partial charge in [0.25, 0.3) is 0 Å². The first-order valence-corrected chi connectivity index (χ1v) is 6.32. The number of hydrogen-bond donors (Lipinski definition) is 1. The van der Waals surface area contributed by atoms with Gasteiger partial charge in [0.15, 0.2) is 5.69 Å². The number of halogens is 1. The maximum absolute atomic E-state index is 13.5. The number of carbonyl (C=O) groups excluding carboxylic acids is 1. The van der Waals surface area contributed by atoms with Crippen molar-refractivity contribution in [3.8, 4) is 0 Å². The van der Waals surface area contributed by atoms with E-state index < -0.39 is 11.8 Å². The summed E-state index contributed by atoms with van der Waals surface area (Å²) < 4.78 is 15.0. The Balaban J connectivity index is 2.37. The lowest BCUT2D eigenvalue weighted by molar-refractivity contribution is -0.117. The van der Waals surface area contributed by atoms with E-state index in [0.29, 0.717) is 36.0 Å². The summed E-state index contributed by atoms with van der Waals surface area (Å²) in [6.07, 6.45) is 1.08. The van der Waals surface area contributed by atoms with Gasteiger partial charge in [-0.05, 0) is 24.6 Å². The van der Waals surface area contributed by atoms with Crippen LogP contribution in [-0.2, 0) is 11.8 Å². The minimum Gasteiger partial charge on any atom is -0.477 e. The molecule has 3 rings (SSSR count). The highest BCUT2D eigenvalue weighted by Crippen LogP contribution is 2.36. The molecule has 1 fully saturated rings. The number of amides is 1. The first kappa shape index (κ1) is 12.7. The van der Waals surface area contributed by atoms with Gasteiger partial charge in [-0.15, -0.1) is 0 Å². The predicted octanol–water partition coefficient (Wildman–Crippen LogP) is 2.14. The van der Waals surface area contributed by atoms with Gasteiger partial charge in [-0.25, -0.2) is 9.18 Å². The summed E-state index contributed by atoms with van der Waals surface area (Å²) in [5.41, 5.74) is 0.913. The number of carboxylic acids is 1. The smallest absolute Gasteiger partial charge is 0.354 e. The third kappa shape index (κ3) is 1.68. The van der Waals surface area contributed by atoms with Crippen LogP contribution >= 0.6 is 0 Å². The monoisotopic (exact) mass is 276 g/mol. The Kier molecular flexibility index (Phi) is 2.74. The average Bonchev–Trinajstić information content (AvgIpc) is 2.91. The van der Waals surface area contributed by atoms with E-state index in [-0.39, 0.29) is 11.6 Å². The van der Waals surface area contributed by atoms with E-state index in [2.05, 4.69) is 0 Å². The molecular formula is C14H13FN2O3. The van der Waals surface area contributed by atoms with Crippen LogP contribution in [0.4, 0.5) is 10.1 Å². The van der Waals surface area contributed by atoms with E-state index >= 15 is 0 Å². The first-order valence-electron chi connectivity index (χ1n) is 6.32. The van der Waals surface area contributed by atoms with E-state index in [4.69, 9.17) is 0 Å². The van der Waals surface area contributed by atoms with E-state index in [1.165, 1.54) is 27.7 Å². The van der Waals surface area contributed by atoms with Gasteiger partial charge < -0.3 is 14.6 Å². The van der Waals surface area contributed by atoms with Gasteiger partial charge in [0.1, 0.15) is 5.82 Å². The molecule has 0 aliphatic carbocycles. The van der Waals surface area contributed by atoms with Crippen LogP contribution in [0.5, 0.6) is 0 Å². The third-order valence-corrected chi connectivity index (χ3v) is 3.68. The van der Waals surface area contributed by atoms with Gasteiger partial charge in [-0.3, -0.25) is 4.79 Å². The molecule has 0 saturated carbocycles. The number of fused-ring (bicyclic) bond motifs is 1. The molecule has 1 aliphatic rings. The number of benzene rings is 1. The second-order valence-electron chi connectivity index (χ2n) is 4.87. The molecule has 5 nitrogen and oxygen atoms in total. The number of aryl methyl sites for hydroxylation is 1. The molecule has 0 spiro atoms. The number of aromatic nitrogens is 1. The summed E-state index contributed by atoms with van der Waals surface area (Å²) in [5, 5.41) is 9.87. The number of hydrogen-bond acceptors (Lipinski definition) is 2. The maximum Gasteiger partial charge on any atom is 0.354 e. The van der Waals surface area contributed by atoms with Crippen molar-refractivity contribution in [2.75, 3.05) is 11.4 Å². The van der Waals surface area contributed by atoms with Gasteiger partial charge in [-0.1, -0.05) is 0 Å². The molecule has 0 radical (unpaired) electrons. The summed E-state index contributed by atoms with van der Waals surface area (Å²) in [4.78, 5) is 24.9. The van der Waals surface area contributed by atoms with Crippen molar-refractivity contribution < 1.29 is 19.1 Å². The second-order valence-corrected chi connectivity index (χ2v) is 4.87. The zero-order chi connectivity index (χ0) is 14.4. The Hall–Kier alpha value is -2.37. The minimum atomic E-state index is -1.13. The molecule has 1 aromatic heterocycles. The van der Waals surface area contributed by atoms with Crippen LogP contribution < -0.4 is 4.90 Å². The first-order chi connectivity index (χ1) is 9.50. The summed E-state index contributed by atoms with van der Waals surface area (Å²) in [6, 6.07) is 4.09. The number of anilines is 1. The van der Waals surface area contributed by atoms with Gasteiger partial charge in [0.05, 0.1) is 11.2 Å². The normalized spacial score (nSPS) is 15.3. The van der Waals surface area contributed by atoms with Crippen molar-refractivity contribution in [2.24, 2.45) is 7.05 Å². The van der Waals surface area contributed by atoms with Crippen LogP contribution in [0, 0.1) is 5.82 Å². The molecule has 6 heteroatoms. The van der Waals surface area contributed by atoms with Crippen LogP contribution in [0.1, 0.15) is 23.3 Å². The highest BCUT2D eigenvalue weighted by Gasteiger charge is 2.31. The van der Waals surface area contributed by atoms with Crippen molar-refractivity contribution >= 4 is 28.5 Å². The minimum absolute atomic E-state index is 0.0147. The average molecular weight is 276 g/mol. The Morgan fingerprint density at radius 3 is 2.75 bits per heavy atom. The molecule has 1 N–H and O–H groups in total. The quantitative estimate of drug-likeness (QED) is 0.914. The van der Waals surface area contributed by atoms with Gasteiger partial charge >= 0.3 is 5.97 Å². The molecule has 0 bridgehead atoms. The summed E-state index contributed by atoms with van der Waals surface area (Å²) in [6.45, 7) is 0.467. The lowest BCUT2D eigenvalue weighted by atomic mass is 10.2. The van der Waals surface area contributed by atoms with Crippen LogP contribution in [0.2, 0.25) is 0 Å². The predicted molar refractivity (Wildman–Crippen MR) is 71.4 cm³/mol. The Labute approximate surface area is 114 Å². The fraction of sp³-hybridized carbons (Fsp3) is 0.286. The van der Waals surface area contributed by atoms with Gasteiger partial charge in [-0.2, -0.15) is 0 Å². The molecule has 104 valence electrons. The molecule has 1 saturated heterocycles. The molecular weight excluding hydrogens is 263 g/mol. The number of carbonyl (C=O) groups is 2. The number of carboxylic acid groups (broad SMARTS) is 1. The second kappa shape index (κ2) is 4.33.